The van der Waals surface area contributed by atoms with Crippen LogP contribution in [0.4, 0.5) is 10.1 Å². The quantitative estimate of drug-likeness (QED) is 0.743. The number of anilines is 1. The lowest BCUT2D eigenvalue weighted by Crippen LogP contribution is -2.47. The van der Waals surface area contributed by atoms with Crippen LogP contribution in [-0.4, -0.2) is 34.3 Å². The van der Waals surface area contributed by atoms with Crippen LogP contribution in [0, 0.1) is 12.7 Å². The molecule has 2 radical (unpaired) electrons. The van der Waals surface area contributed by atoms with E-state index < -0.39 is 0 Å². The van der Waals surface area contributed by atoms with Crippen LogP contribution in [0.15, 0.2) is 36.4 Å². The highest BCUT2D eigenvalue weighted by atomic mass is 35.5. The van der Waals surface area contributed by atoms with E-state index in [9.17, 15) is 9.18 Å². The number of benzene rings is 2. The Morgan fingerprint density at radius 3 is 2.86 bits per heavy atom. The van der Waals surface area contributed by atoms with Gasteiger partial charge in [0.15, 0.2) is 0 Å². The van der Waals surface area contributed by atoms with Gasteiger partial charge in [-0.25, -0.2) is 4.39 Å². The molecule has 0 aromatic heterocycles. The van der Waals surface area contributed by atoms with E-state index in [-0.39, 0.29) is 35.1 Å². The van der Waals surface area contributed by atoms with Gasteiger partial charge in [-0.15, -0.1) is 0 Å². The van der Waals surface area contributed by atoms with Crippen LogP contribution in [0.2, 0.25) is 22.5 Å². The van der Waals surface area contributed by atoms with Crippen molar-refractivity contribution in [2.24, 2.45) is 0 Å². The molecule has 2 bridgehead atoms. The summed E-state index contributed by atoms with van der Waals surface area (Å²) >= 11 is 5.91. The number of carbonyl (C=O) groups excluding carboxylic acids is 1. The van der Waals surface area contributed by atoms with Crippen molar-refractivity contribution in [3.8, 4) is 5.75 Å². The number of halogens is 2. The number of rotatable bonds is 4. The number of ether oxygens (including phenoxy) is 1. The zero-order valence-corrected chi connectivity index (χ0v) is 17.2. The van der Waals surface area contributed by atoms with Crippen LogP contribution in [-0.2, 0) is 4.79 Å². The summed E-state index contributed by atoms with van der Waals surface area (Å²) in [4.78, 5) is 13.0. The normalized spacial score (nSPS) is 25.5. The fourth-order valence-electron chi connectivity index (χ4n) is 4.40. The molecule has 3 aliphatic rings. The number of aryl methyl sites for hydroxylation is 1. The number of hydrogen-bond donors (Lipinski definition) is 2. The van der Waals surface area contributed by atoms with E-state index in [1.807, 2.05) is 32.5 Å². The third kappa shape index (κ3) is 4.17. The van der Waals surface area contributed by atoms with Crippen molar-refractivity contribution < 1.29 is 13.9 Å². The van der Waals surface area contributed by atoms with Crippen LogP contribution in [0.1, 0.15) is 23.5 Å². The lowest BCUT2D eigenvalue weighted by Gasteiger charge is -2.48. The smallest absolute Gasteiger partial charge is 0.221 e. The van der Waals surface area contributed by atoms with Crippen LogP contribution in [0.3, 0.4) is 0 Å². The summed E-state index contributed by atoms with van der Waals surface area (Å²) < 4.78 is 19.9. The molecule has 148 valence electrons. The molecule has 2 aromatic rings. The molecule has 29 heavy (non-hydrogen) atoms. The van der Waals surface area contributed by atoms with Gasteiger partial charge in [-0.1, -0.05) is 41.8 Å². The van der Waals surface area contributed by atoms with Gasteiger partial charge in [0.1, 0.15) is 18.8 Å². The predicted octanol–water partition coefficient (Wildman–Crippen LogP) is 4.21. The zero-order valence-electron chi connectivity index (χ0n) is 16.4. The summed E-state index contributed by atoms with van der Waals surface area (Å²) in [7, 11) is 5.67. The van der Waals surface area contributed by atoms with Crippen LogP contribution in [0.25, 0.3) is 0 Å². The Bertz CT molecular complexity index is 928. The number of fused-ring (bicyclic) bond motifs is 4. The highest BCUT2D eigenvalue weighted by molar-refractivity contribution is 6.48. The fourth-order valence-corrected chi connectivity index (χ4v) is 4.56. The number of nitrogens with one attached hydrogen (secondary N) is 2. The largest absolute Gasteiger partial charge is 0.495 e. The molecule has 3 fully saturated rings. The van der Waals surface area contributed by atoms with Crippen molar-refractivity contribution >= 4 is 37.9 Å². The van der Waals surface area contributed by atoms with Gasteiger partial charge in [0, 0.05) is 10.8 Å². The molecule has 0 saturated carbocycles. The van der Waals surface area contributed by atoms with Crippen molar-refractivity contribution in [3.05, 3.63) is 58.4 Å². The second kappa shape index (κ2) is 8.41. The van der Waals surface area contributed by atoms with E-state index in [1.165, 1.54) is 6.07 Å². The molecular formula is C21H22B2ClFN2O2. The first kappa shape index (κ1) is 20.3. The number of hydrogen-bond acceptors (Lipinski definition) is 3. The van der Waals surface area contributed by atoms with E-state index in [2.05, 4.69) is 17.8 Å². The molecule has 8 heteroatoms. The second-order valence-electron chi connectivity index (χ2n) is 7.82. The van der Waals surface area contributed by atoms with Gasteiger partial charge in [0.2, 0.25) is 13.3 Å². The van der Waals surface area contributed by atoms with Crippen molar-refractivity contribution in [1.82, 2.24) is 5.23 Å². The molecule has 3 heterocycles. The maximum absolute atomic E-state index is 14.5. The molecule has 3 saturated heterocycles. The number of methoxy groups -OCH3 is 1. The number of carbonyl (C=O) groups is 1. The van der Waals surface area contributed by atoms with E-state index in [0.29, 0.717) is 35.0 Å². The van der Waals surface area contributed by atoms with Gasteiger partial charge in [-0.05, 0) is 54.8 Å². The van der Waals surface area contributed by atoms with Crippen molar-refractivity contribution in [3.63, 3.8) is 0 Å². The lowest BCUT2D eigenvalue weighted by atomic mass is 9.31. The first-order valence-electron chi connectivity index (χ1n) is 9.78. The lowest BCUT2D eigenvalue weighted by molar-refractivity contribution is -0.116. The Hall–Kier alpha value is -1.98. The van der Waals surface area contributed by atoms with Crippen LogP contribution >= 0.6 is 11.6 Å². The summed E-state index contributed by atoms with van der Waals surface area (Å²) in [5.41, 5.74) is 2.38. The molecule has 3 aliphatic heterocycles. The average Bonchev–Trinajstić information content (AvgIpc) is 2.64. The molecular weight excluding hydrogens is 388 g/mol. The van der Waals surface area contributed by atoms with E-state index in [1.54, 1.807) is 19.2 Å². The summed E-state index contributed by atoms with van der Waals surface area (Å²) in [6.45, 7) is 2.65. The molecule has 5 rings (SSSR count). The monoisotopic (exact) mass is 410 g/mol. The van der Waals surface area contributed by atoms with E-state index >= 15 is 0 Å². The maximum atomic E-state index is 14.5. The van der Waals surface area contributed by atoms with E-state index in [4.69, 9.17) is 16.3 Å². The molecule has 1 unspecified atom stereocenters. The van der Waals surface area contributed by atoms with Gasteiger partial charge >= 0.3 is 0 Å². The first-order chi connectivity index (χ1) is 14.0. The SMILES string of the molecule is COc1cc(C)ccc1NC(=O)[C@@H]1[B]NC[C@H]2[B]C(C1)[C@H]2c1ccc(Cl)cc1F. The van der Waals surface area contributed by atoms with Gasteiger partial charge in [-0.2, -0.15) is 0 Å². The van der Waals surface area contributed by atoms with E-state index in [0.717, 1.165) is 5.56 Å². The molecule has 4 nitrogen and oxygen atoms in total. The molecule has 2 N–H and O–H groups in total. The third-order valence-electron chi connectivity index (χ3n) is 5.89. The Morgan fingerprint density at radius 2 is 2.10 bits per heavy atom. The Morgan fingerprint density at radius 1 is 1.28 bits per heavy atom. The third-order valence-corrected chi connectivity index (χ3v) is 6.12. The Balaban J connectivity index is 1.49. The van der Waals surface area contributed by atoms with Crippen molar-refractivity contribution in [1.29, 1.82) is 0 Å². The van der Waals surface area contributed by atoms with Gasteiger partial charge < -0.3 is 15.3 Å². The first-order valence-corrected chi connectivity index (χ1v) is 10.2. The predicted molar refractivity (Wildman–Crippen MR) is 116 cm³/mol. The van der Waals surface area contributed by atoms with Crippen LogP contribution in [0.5, 0.6) is 5.75 Å². The fraction of sp³-hybridized carbons (Fsp3) is 0.381. The molecule has 0 spiro atoms. The maximum Gasteiger partial charge on any atom is 0.221 e. The summed E-state index contributed by atoms with van der Waals surface area (Å²) in [5.74, 6) is 0.361. The van der Waals surface area contributed by atoms with Gasteiger partial charge in [0.05, 0.1) is 12.8 Å². The highest BCUT2D eigenvalue weighted by Gasteiger charge is 2.46. The Labute approximate surface area is 177 Å². The summed E-state index contributed by atoms with van der Waals surface area (Å²) in [5, 5.41) is 6.63. The average molecular weight is 410 g/mol. The second-order valence-corrected chi connectivity index (χ2v) is 8.26. The van der Waals surface area contributed by atoms with Crippen LogP contribution < -0.4 is 15.3 Å². The van der Waals surface area contributed by atoms with Crippen molar-refractivity contribution in [2.75, 3.05) is 19.0 Å². The number of amides is 1. The molecule has 2 aromatic carbocycles. The Kier molecular flexibility index (Phi) is 5.88. The zero-order chi connectivity index (χ0) is 20.5. The molecule has 4 atom stereocenters. The van der Waals surface area contributed by atoms with Gasteiger partial charge in [0.25, 0.3) is 0 Å². The minimum Gasteiger partial charge on any atom is -0.495 e. The highest BCUT2D eigenvalue weighted by Crippen LogP contribution is 2.54. The summed E-state index contributed by atoms with van der Waals surface area (Å²) in [6, 6.07) is 10.5. The topological polar surface area (TPSA) is 50.4 Å². The standard InChI is InChI=1S/C21H22B2ClFN2O2/c1-11-3-6-18(19(7-11)29-2)27-21(28)15-9-14-20(16(22-14)10-26-23-15)13-5-4-12(24)8-17(13)25/h3-8,14-16,20,26H,9-10H2,1-2H3,(H,27,28)/t14?,15-,16-,20-/m1/s1. The van der Waals surface area contributed by atoms with Gasteiger partial charge in [-0.3, -0.25) is 4.79 Å². The molecule has 1 amide bonds. The minimum absolute atomic E-state index is 0.0534. The molecule has 0 aliphatic carbocycles. The van der Waals surface area contributed by atoms with Crippen molar-refractivity contribution in [2.45, 2.75) is 36.7 Å². The summed E-state index contributed by atoms with van der Waals surface area (Å²) in [6.07, 6.45) is 0.621. The minimum atomic E-state index is -0.332.